The van der Waals surface area contributed by atoms with Gasteiger partial charge < -0.3 is 5.73 Å². The fraction of sp³-hybridized carbons (Fsp3) is 0.545. The van der Waals surface area contributed by atoms with Gasteiger partial charge in [0.1, 0.15) is 5.82 Å². The summed E-state index contributed by atoms with van der Waals surface area (Å²) in [4.78, 5) is 2.44. The van der Waals surface area contributed by atoms with Gasteiger partial charge in [0.05, 0.1) is 6.54 Å². The molecule has 0 fully saturated rings. The molecule has 1 aromatic heterocycles. The van der Waals surface area contributed by atoms with Gasteiger partial charge in [0.15, 0.2) is 0 Å². The predicted molar refractivity (Wildman–Crippen MR) is 61.5 cm³/mol. The van der Waals surface area contributed by atoms with Crippen LogP contribution in [0.2, 0.25) is 0 Å². The van der Waals surface area contributed by atoms with Crippen LogP contribution in [-0.2, 0) is 6.54 Å². The summed E-state index contributed by atoms with van der Waals surface area (Å²) in [6, 6.07) is 1.83. The first-order valence-electron chi connectivity index (χ1n) is 5.41. The quantitative estimate of drug-likeness (QED) is 0.754. The van der Waals surface area contributed by atoms with Crippen molar-refractivity contribution in [3.63, 3.8) is 0 Å². The number of aromatic nitrogens is 2. The number of rotatable bonds is 3. The molecule has 0 spiro atoms. The van der Waals surface area contributed by atoms with Crippen LogP contribution in [0.3, 0.4) is 0 Å². The zero-order valence-electron chi connectivity index (χ0n) is 9.19. The number of anilines is 1. The molecule has 0 unspecified atom stereocenters. The number of nitrogen functional groups attached to an aromatic ring is 1. The van der Waals surface area contributed by atoms with Crippen LogP contribution in [0.25, 0.3) is 0 Å². The molecule has 2 heterocycles. The van der Waals surface area contributed by atoms with Gasteiger partial charge in [-0.25, -0.2) is 0 Å². The van der Waals surface area contributed by atoms with E-state index in [1.54, 1.807) is 0 Å². The third-order valence-corrected chi connectivity index (χ3v) is 2.83. The van der Waals surface area contributed by atoms with E-state index in [4.69, 9.17) is 5.73 Å². The molecule has 0 bridgehead atoms. The molecule has 15 heavy (non-hydrogen) atoms. The Morgan fingerprint density at radius 2 is 2.33 bits per heavy atom. The lowest BCUT2D eigenvalue weighted by atomic mass is 10.1. The predicted octanol–water partition coefficient (Wildman–Crippen LogP) is 1.12. The Balaban J connectivity index is 1.79. The molecule has 0 aliphatic carbocycles. The first-order valence-corrected chi connectivity index (χ1v) is 5.41. The van der Waals surface area contributed by atoms with Crippen LogP contribution in [0, 0.1) is 0 Å². The fourth-order valence-electron chi connectivity index (χ4n) is 1.76. The van der Waals surface area contributed by atoms with E-state index in [1.807, 2.05) is 16.9 Å². The van der Waals surface area contributed by atoms with Crippen molar-refractivity contribution in [1.82, 2.24) is 14.7 Å². The molecule has 82 valence electrons. The van der Waals surface area contributed by atoms with E-state index in [0.29, 0.717) is 5.82 Å². The van der Waals surface area contributed by atoms with Crippen LogP contribution in [0.5, 0.6) is 0 Å². The molecule has 4 nitrogen and oxygen atoms in total. The van der Waals surface area contributed by atoms with Crippen LogP contribution < -0.4 is 5.73 Å². The summed E-state index contributed by atoms with van der Waals surface area (Å²) in [5.41, 5.74) is 7.06. The van der Waals surface area contributed by atoms with E-state index in [-0.39, 0.29) is 0 Å². The first-order chi connectivity index (χ1) is 7.24. The van der Waals surface area contributed by atoms with Gasteiger partial charge in [-0.3, -0.25) is 9.58 Å². The summed E-state index contributed by atoms with van der Waals surface area (Å²) in [5.74, 6) is 0.601. The Labute approximate surface area is 90.4 Å². The van der Waals surface area contributed by atoms with E-state index in [2.05, 4.69) is 23.0 Å². The van der Waals surface area contributed by atoms with Crippen LogP contribution >= 0.6 is 0 Å². The molecule has 4 heteroatoms. The van der Waals surface area contributed by atoms with Gasteiger partial charge >= 0.3 is 0 Å². The van der Waals surface area contributed by atoms with E-state index in [0.717, 1.165) is 19.6 Å². The molecular formula is C11H18N4. The Hall–Kier alpha value is -1.29. The highest BCUT2D eigenvalue weighted by Crippen LogP contribution is 2.09. The molecule has 1 aromatic rings. The van der Waals surface area contributed by atoms with Crippen LogP contribution in [0.15, 0.2) is 23.9 Å². The van der Waals surface area contributed by atoms with Crippen molar-refractivity contribution in [3.8, 4) is 0 Å². The third kappa shape index (κ3) is 2.83. The minimum absolute atomic E-state index is 0.601. The third-order valence-electron chi connectivity index (χ3n) is 2.83. The largest absolute Gasteiger partial charge is 0.382 e. The summed E-state index contributed by atoms with van der Waals surface area (Å²) in [6.45, 7) is 6.40. The Kier molecular flexibility index (Phi) is 3.06. The number of hydrogen-bond donors (Lipinski definition) is 1. The molecule has 0 atom stereocenters. The topological polar surface area (TPSA) is 47.1 Å². The first kappa shape index (κ1) is 10.2. The van der Waals surface area contributed by atoms with Gasteiger partial charge in [0, 0.05) is 25.8 Å². The molecule has 2 N–H and O–H groups in total. The van der Waals surface area contributed by atoms with E-state index in [9.17, 15) is 0 Å². The van der Waals surface area contributed by atoms with Crippen LogP contribution in [0.4, 0.5) is 5.82 Å². The molecule has 1 aliphatic heterocycles. The zero-order chi connectivity index (χ0) is 10.7. The molecule has 1 aliphatic rings. The molecule has 0 radical (unpaired) electrons. The van der Waals surface area contributed by atoms with Crippen LogP contribution in [-0.4, -0.2) is 34.3 Å². The highest BCUT2D eigenvalue weighted by atomic mass is 15.3. The standard InChI is InChI=1S/C11H18N4/c1-10-2-5-14(6-3-10)8-9-15-7-4-11(12)13-15/h2,4,7H,3,5-6,8-9H2,1H3,(H2,12,13). The second-order valence-corrected chi connectivity index (χ2v) is 4.10. The van der Waals surface area contributed by atoms with Crippen molar-refractivity contribution >= 4 is 5.82 Å². The van der Waals surface area contributed by atoms with Gasteiger partial charge in [-0.15, -0.1) is 0 Å². The molecule has 0 amide bonds. The number of nitrogens with two attached hydrogens (primary N) is 1. The van der Waals surface area contributed by atoms with Crippen molar-refractivity contribution in [2.75, 3.05) is 25.4 Å². The molecule has 0 aromatic carbocycles. The summed E-state index contributed by atoms with van der Waals surface area (Å²) in [7, 11) is 0. The maximum Gasteiger partial charge on any atom is 0.145 e. The SMILES string of the molecule is CC1=CCN(CCn2ccc(N)n2)CC1. The smallest absolute Gasteiger partial charge is 0.145 e. The summed E-state index contributed by atoms with van der Waals surface area (Å²) < 4.78 is 1.90. The maximum absolute atomic E-state index is 5.55. The fourth-order valence-corrected chi connectivity index (χ4v) is 1.76. The number of hydrogen-bond acceptors (Lipinski definition) is 3. The van der Waals surface area contributed by atoms with Crippen molar-refractivity contribution in [3.05, 3.63) is 23.9 Å². The highest BCUT2D eigenvalue weighted by molar-refractivity contribution is 5.23. The molecule has 0 saturated carbocycles. The van der Waals surface area contributed by atoms with Gasteiger partial charge in [0.2, 0.25) is 0 Å². The van der Waals surface area contributed by atoms with Crippen molar-refractivity contribution in [2.45, 2.75) is 19.9 Å². The lowest BCUT2D eigenvalue weighted by Gasteiger charge is -2.24. The van der Waals surface area contributed by atoms with Crippen LogP contribution in [0.1, 0.15) is 13.3 Å². The minimum atomic E-state index is 0.601. The normalized spacial score (nSPS) is 17.8. The lowest BCUT2D eigenvalue weighted by Crippen LogP contribution is -2.31. The zero-order valence-corrected chi connectivity index (χ0v) is 9.19. The summed E-state index contributed by atoms with van der Waals surface area (Å²) in [5, 5.41) is 4.16. The Bertz CT molecular complexity index is 353. The molecular weight excluding hydrogens is 188 g/mol. The average molecular weight is 206 g/mol. The number of nitrogens with zero attached hydrogens (tertiary/aromatic N) is 3. The van der Waals surface area contributed by atoms with E-state index >= 15 is 0 Å². The van der Waals surface area contributed by atoms with Gasteiger partial charge in [0.25, 0.3) is 0 Å². The molecule has 0 saturated heterocycles. The second-order valence-electron chi connectivity index (χ2n) is 4.10. The monoisotopic (exact) mass is 206 g/mol. The maximum atomic E-state index is 5.55. The van der Waals surface area contributed by atoms with Crippen molar-refractivity contribution in [1.29, 1.82) is 0 Å². The molecule has 2 rings (SSSR count). The Morgan fingerprint density at radius 3 is 2.93 bits per heavy atom. The average Bonchev–Trinajstić information content (AvgIpc) is 2.64. The van der Waals surface area contributed by atoms with E-state index in [1.165, 1.54) is 18.5 Å². The van der Waals surface area contributed by atoms with E-state index < -0.39 is 0 Å². The summed E-state index contributed by atoms with van der Waals surface area (Å²) >= 11 is 0. The van der Waals surface area contributed by atoms with Gasteiger partial charge in [-0.05, 0) is 19.4 Å². The summed E-state index contributed by atoms with van der Waals surface area (Å²) in [6.07, 6.45) is 5.43. The van der Waals surface area contributed by atoms with Gasteiger partial charge in [-0.1, -0.05) is 11.6 Å². The van der Waals surface area contributed by atoms with Crippen molar-refractivity contribution in [2.24, 2.45) is 0 Å². The van der Waals surface area contributed by atoms with Gasteiger partial charge in [-0.2, -0.15) is 5.10 Å². The van der Waals surface area contributed by atoms with Crippen molar-refractivity contribution < 1.29 is 0 Å². The highest BCUT2D eigenvalue weighted by Gasteiger charge is 2.08. The second kappa shape index (κ2) is 4.49. The Morgan fingerprint density at radius 1 is 1.47 bits per heavy atom. The minimum Gasteiger partial charge on any atom is -0.382 e. The lowest BCUT2D eigenvalue weighted by molar-refractivity contribution is 0.277.